The Morgan fingerprint density at radius 3 is 2.81 bits per heavy atom. The number of aliphatic hydroxyl groups is 1. The van der Waals surface area contributed by atoms with Gasteiger partial charge in [-0.3, -0.25) is 4.68 Å². The van der Waals surface area contributed by atoms with Crippen molar-refractivity contribution < 1.29 is 5.11 Å². The third-order valence-corrected chi connectivity index (χ3v) is 2.80. The Morgan fingerprint density at radius 1 is 1.50 bits per heavy atom. The molecule has 0 fully saturated rings. The highest BCUT2D eigenvalue weighted by atomic mass is 16.3. The van der Waals surface area contributed by atoms with E-state index in [4.69, 9.17) is 0 Å². The summed E-state index contributed by atoms with van der Waals surface area (Å²) in [6.45, 7) is 5.64. The summed E-state index contributed by atoms with van der Waals surface area (Å²) < 4.78 is 1.76. The second kappa shape index (κ2) is 6.48. The van der Waals surface area contributed by atoms with Crippen LogP contribution in [0.4, 0.5) is 0 Å². The van der Waals surface area contributed by atoms with Crippen molar-refractivity contribution in [3.8, 4) is 0 Å². The maximum Gasteiger partial charge on any atom is 0.0823 e. The van der Waals surface area contributed by atoms with Crippen LogP contribution in [0.25, 0.3) is 0 Å². The van der Waals surface area contributed by atoms with Crippen LogP contribution in [0, 0.1) is 6.92 Å². The van der Waals surface area contributed by atoms with E-state index in [0.29, 0.717) is 0 Å². The van der Waals surface area contributed by atoms with Crippen molar-refractivity contribution in [2.45, 2.75) is 45.1 Å². The summed E-state index contributed by atoms with van der Waals surface area (Å²) in [5, 5.41) is 14.2. The summed E-state index contributed by atoms with van der Waals surface area (Å²) in [5.74, 6) is 0. The quantitative estimate of drug-likeness (QED) is 0.569. The molecular formula is C13H22N2O. The van der Waals surface area contributed by atoms with E-state index < -0.39 is 0 Å². The van der Waals surface area contributed by atoms with Crippen molar-refractivity contribution in [2.75, 3.05) is 0 Å². The van der Waals surface area contributed by atoms with Crippen molar-refractivity contribution in [3.05, 3.63) is 30.1 Å². The SMILES string of the molecule is C=CCCCCCC(O)c1cn(C)nc1C. The lowest BCUT2D eigenvalue weighted by Gasteiger charge is -2.08. The smallest absolute Gasteiger partial charge is 0.0823 e. The van der Waals surface area contributed by atoms with Crippen LogP contribution >= 0.6 is 0 Å². The van der Waals surface area contributed by atoms with Crippen LogP contribution in [-0.2, 0) is 7.05 Å². The van der Waals surface area contributed by atoms with E-state index >= 15 is 0 Å². The molecule has 0 aliphatic rings. The van der Waals surface area contributed by atoms with Crippen LogP contribution in [-0.4, -0.2) is 14.9 Å². The fourth-order valence-corrected chi connectivity index (χ4v) is 1.90. The van der Waals surface area contributed by atoms with E-state index in [1.165, 1.54) is 6.42 Å². The molecule has 16 heavy (non-hydrogen) atoms. The third kappa shape index (κ3) is 3.81. The van der Waals surface area contributed by atoms with Crippen molar-refractivity contribution >= 4 is 0 Å². The van der Waals surface area contributed by atoms with Gasteiger partial charge in [0.25, 0.3) is 0 Å². The van der Waals surface area contributed by atoms with Gasteiger partial charge in [0.15, 0.2) is 0 Å². The first kappa shape index (κ1) is 13.0. The number of aliphatic hydroxyl groups excluding tert-OH is 1. The summed E-state index contributed by atoms with van der Waals surface area (Å²) in [6.07, 6.45) is 8.77. The van der Waals surface area contributed by atoms with Gasteiger partial charge in [0.05, 0.1) is 11.8 Å². The van der Waals surface area contributed by atoms with Gasteiger partial charge in [-0.25, -0.2) is 0 Å². The number of allylic oxidation sites excluding steroid dienone is 1. The lowest BCUT2D eigenvalue weighted by atomic mass is 10.0. The van der Waals surface area contributed by atoms with Gasteiger partial charge in [0.2, 0.25) is 0 Å². The first-order valence-electron chi connectivity index (χ1n) is 5.94. The van der Waals surface area contributed by atoms with E-state index in [2.05, 4.69) is 11.7 Å². The molecule has 0 saturated carbocycles. The third-order valence-electron chi connectivity index (χ3n) is 2.80. The molecule has 0 bridgehead atoms. The Balaban J connectivity index is 2.32. The number of rotatable bonds is 7. The highest BCUT2D eigenvalue weighted by Crippen LogP contribution is 2.22. The van der Waals surface area contributed by atoms with Gasteiger partial charge in [0, 0.05) is 18.8 Å². The van der Waals surface area contributed by atoms with Crippen LogP contribution in [0.5, 0.6) is 0 Å². The summed E-state index contributed by atoms with van der Waals surface area (Å²) in [4.78, 5) is 0. The molecule has 1 atom stereocenters. The Labute approximate surface area is 97.8 Å². The minimum Gasteiger partial charge on any atom is -0.388 e. The average molecular weight is 222 g/mol. The molecule has 0 radical (unpaired) electrons. The van der Waals surface area contributed by atoms with Crippen molar-refractivity contribution in [1.82, 2.24) is 9.78 Å². The predicted molar refractivity (Wildman–Crippen MR) is 66.2 cm³/mol. The molecule has 3 heteroatoms. The van der Waals surface area contributed by atoms with Gasteiger partial charge in [0.1, 0.15) is 0 Å². The molecular weight excluding hydrogens is 200 g/mol. The number of nitrogens with zero attached hydrogens (tertiary/aromatic N) is 2. The van der Waals surface area contributed by atoms with Gasteiger partial charge in [-0.05, 0) is 26.2 Å². The largest absolute Gasteiger partial charge is 0.388 e. The molecule has 0 saturated heterocycles. The Morgan fingerprint density at radius 2 is 2.25 bits per heavy atom. The Kier molecular flexibility index (Phi) is 5.26. The van der Waals surface area contributed by atoms with Crippen molar-refractivity contribution in [2.24, 2.45) is 7.05 Å². The van der Waals surface area contributed by atoms with Gasteiger partial charge in [-0.2, -0.15) is 5.10 Å². The highest BCUT2D eigenvalue weighted by molar-refractivity contribution is 5.18. The minimum absolute atomic E-state index is 0.363. The van der Waals surface area contributed by atoms with Crippen LogP contribution in [0.1, 0.15) is 49.5 Å². The standard InChI is InChI=1S/C13H22N2O/c1-4-5-6-7-8-9-13(16)12-10-15(3)14-11(12)2/h4,10,13,16H,1,5-9H2,2-3H3. The number of hydrogen-bond donors (Lipinski definition) is 1. The van der Waals surface area contributed by atoms with E-state index in [1.807, 2.05) is 26.2 Å². The van der Waals surface area contributed by atoms with E-state index in [9.17, 15) is 5.11 Å². The molecule has 1 N–H and O–H groups in total. The molecule has 0 aliphatic heterocycles. The van der Waals surface area contributed by atoms with E-state index in [0.717, 1.165) is 36.9 Å². The first-order chi connectivity index (χ1) is 7.65. The van der Waals surface area contributed by atoms with Gasteiger partial charge >= 0.3 is 0 Å². The van der Waals surface area contributed by atoms with Gasteiger partial charge in [-0.1, -0.05) is 18.9 Å². The number of hydrogen-bond acceptors (Lipinski definition) is 2. The van der Waals surface area contributed by atoms with Gasteiger partial charge < -0.3 is 5.11 Å². The predicted octanol–water partition coefficient (Wildman–Crippen LogP) is 2.90. The summed E-state index contributed by atoms with van der Waals surface area (Å²) in [5.41, 5.74) is 1.90. The van der Waals surface area contributed by atoms with Crippen molar-refractivity contribution in [1.29, 1.82) is 0 Å². The number of unbranched alkanes of at least 4 members (excludes halogenated alkanes) is 3. The molecule has 1 heterocycles. The van der Waals surface area contributed by atoms with Gasteiger partial charge in [-0.15, -0.1) is 6.58 Å². The van der Waals surface area contributed by atoms with E-state index in [-0.39, 0.29) is 6.10 Å². The molecule has 0 amide bonds. The molecule has 3 nitrogen and oxygen atoms in total. The Bertz CT molecular complexity index is 331. The molecule has 0 spiro atoms. The second-order valence-corrected chi connectivity index (χ2v) is 4.29. The zero-order valence-electron chi connectivity index (χ0n) is 10.3. The summed E-state index contributed by atoms with van der Waals surface area (Å²) in [7, 11) is 1.88. The maximum atomic E-state index is 10.00. The highest BCUT2D eigenvalue weighted by Gasteiger charge is 2.12. The molecule has 1 rings (SSSR count). The zero-order valence-corrected chi connectivity index (χ0v) is 10.3. The maximum absolute atomic E-state index is 10.00. The Hall–Kier alpha value is -1.09. The molecule has 1 unspecified atom stereocenters. The number of aryl methyl sites for hydroxylation is 2. The summed E-state index contributed by atoms with van der Waals surface area (Å²) in [6, 6.07) is 0. The topological polar surface area (TPSA) is 38.0 Å². The fraction of sp³-hybridized carbons (Fsp3) is 0.615. The fourth-order valence-electron chi connectivity index (χ4n) is 1.90. The average Bonchev–Trinajstić information content (AvgIpc) is 2.57. The molecule has 1 aromatic rings. The number of aromatic nitrogens is 2. The molecule has 0 aromatic carbocycles. The second-order valence-electron chi connectivity index (χ2n) is 4.29. The van der Waals surface area contributed by atoms with Crippen LogP contribution in [0.3, 0.4) is 0 Å². The monoisotopic (exact) mass is 222 g/mol. The molecule has 1 aromatic heterocycles. The van der Waals surface area contributed by atoms with Crippen LogP contribution in [0.15, 0.2) is 18.9 Å². The van der Waals surface area contributed by atoms with E-state index in [1.54, 1.807) is 4.68 Å². The van der Waals surface area contributed by atoms with Crippen molar-refractivity contribution in [3.63, 3.8) is 0 Å². The van der Waals surface area contributed by atoms with Crippen LogP contribution < -0.4 is 0 Å². The zero-order chi connectivity index (χ0) is 12.0. The lowest BCUT2D eigenvalue weighted by Crippen LogP contribution is -1.98. The first-order valence-corrected chi connectivity index (χ1v) is 5.94. The normalized spacial score (nSPS) is 12.7. The van der Waals surface area contributed by atoms with Crippen LogP contribution in [0.2, 0.25) is 0 Å². The summed E-state index contributed by atoms with van der Waals surface area (Å²) >= 11 is 0. The minimum atomic E-state index is -0.363. The lowest BCUT2D eigenvalue weighted by molar-refractivity contribution is 0.162. The molecule has 0 aliphatic carbocycles. The molecule has 90 valence electrons.